The average molecular weight is 485 g/mol. The summed E-state index contributed by atoms with van der Waals surface area (Å²) < 4.78 is 7.31. The molecule has 9 heteroatoms. The van der Waals surface area contributed by atoms with Gasteiger partial charge in [-0.3, -0.25) is 9.59 Å². The SMILES string of the molecule is CC(O)c1nccn1Cc1cc(-c2ccc(C#Cc3ccc(C(=O)NCCC(=O)O)cc3)cc2)on1. The number of aliphatic carboxylic acids is 1. The predicted octanol–water partition coefficient (Wildman–Crippen LogP) is 3.24. The Labute approximate surface area is 207 Å². The smallest absolute Gasteiger partial charge is 0.305 e. The Bertz CT molecular complexity index is 1410. The van der Waals surface area contributed by atoms with E-state index in [2.05, 4.69) is 27.3 Å². The van der Waals surface area contributed by atoms with Gasteiger partial charge in [0, 0.05) is 47.3 Å². The molecule has 1 unspecified atom stereocenters. The predicted molar refractivity (Wildman–Crippen MR) is 131 cm³/mol. The second kappa shape index (κ2) is 11.2. The second-order valence-electron chi connectivity index (χ2n) is 8.08. The van der Waals surface area contributed by atoms with Crippen LogP contribution in [-0.4, -0.2) is 43.3 Å². The van der Waals surface area contributed by atoms with E-state index in [0.29, 0.717) is 29.4 Å². The third-order valence-corrected chi connectivity index (χ3v) is 5.30. The molecule has 0 aliphatic rings. The minimum atomic E-state index is -0.961. The minimum Gasteiger partial charge on any atom is -0.481 e. The Kier molecular flexibility index (Phi) is 7.58. The summed E-state index contributed by atoms with van der Waals surface area (Å²) in [7, 11) is 0. The van der Waals surface area contributed by atoms with Gasteiger partial charge in [0.1, 0.15) is 17.6 Å². The highest BCUT2D eigenvalue weighted by atomic mass is 16.5. The minimum absolute atomic E-state index is 0.0790. The third kappa shape index (κ3) is 6.25. The van der Waals surface area contributed by atoms with E-state index in [4.69, 9.17) is 9.63 Å². The quantitative estimate of drug-likeness (QED) is 0.327. The molecule has 9 nitrogen and oxygen atoms in total. The molecule has 4 rings (SSSR count). The lowest BCUT2D eigenvalue weighted by molar-refractivity contribution is -0.136. The Morgan fingerprint density at radius 1 is 1.08 bits per heavy atom. The van der Waals surface area contributed by atoms with Gasteiger partial charge >= 0.3 is 5.97 Å². The second-order valence-corrected chi connectivity index (χ2v) is 8.08. The molecule has 2 aromatic carbocycles. The van der Waals surface area contributed by atoms with Gasteiger partial charge in [-0.1, -0.05) is 17.0 Å². The van der Waals surface area contributed by atoms with Crippen molar-refractivity contribution in [2.45, 2.75) is 26.0 Å². The highest BCUT2D eigenvalue weighted by Crippen LogP contribution is 2.22. The van der Waals surface area contributed by atoms with Crippen molar-refractivity contribution < 1.29 is 24.3 Å². The van der Waals surface area contributed by atoms with Crippen LogP contribution in [0.2, 0.25) is 0 Å². The average Bonchev–Trinajstić information content (AvgIpc) is 3.53. The number of carbonyl (C=O) groups is 2. The fourth-order valence-corrected chi connectivity index (χ4v) is 3.47. The van der Waals surface area contributed by atoms with Crippen LogP contribution in [-0.2, 0) is 11.3 Å². The first-order valence-corrected chi connectivity index (χ1v) is 11.3. The van der Waals surface area contributed by atoms with Crippen LogP contribution in [0.4, 0.5) is 0 Å². The zero-order valence-corrected chi connectivity index (χ0v) is 19.5. The molecule has 0 spiro atoms. The molecule has 4 aromatic rings. The number of aromatic nitrogens is 3. The van der Waals surface area contributed by atoms with Gasteiger partial charge in [0.15, 0.2) is 5.76 Å². The van der Waals surface area contributed by atoms with E-state index in [1.54, 1.807) is 43.6 Å². The van der Waals surface area contributed by atoms with Crippen LogP contribution in [0.1, 0.15) is 52.5 Å². The molecule has 0 radical (unpaired) electrons. The van der Waals surface area contributed by atoms with Gasteiger partial charge in [0.05, 0.1) is 13.0 Å². The number of nitrogens with zero attached hydrogens (tertiary/aromatic N) is 3. The number of aliphatic hydroxyl groups excluding tert-OH is 1. The standard InChI is InChI=1S/C27H24N4O5/c1-18(32)26-28-14-15-31(26)17-23-16-24(36-30-23)21-8-4-19(5-9-21)2-3-20-6-10-22(11-7-20)27(35)29-13-12-25(33)34/h4-11,14-16,18,32H,12-13,17H2,1H3,(H,29,35)(H,33,34). The van der Waals surface area contributed by atoms with Crippen molar-refractivity contribution in [3.63, 3.8) is 0 Å². The first-order chi connectivity index (χ1) is 17.4. The molecule has 182 valence electrons. The zero-order chi connectivity index (χ0) is 25.5. The van der Waals surface area contributed by atoms with Gasteiger partial charge < -0.3 is 24.6 Å². The Hall–Kier alpha value is -4.68. The van der Waals surface area contributed by atoms with Gasteiger partial charge in [0.2, 0.25) is 0 Å². The number of hydrogen-bond acceptors (Lipinski definition) is 6. The largest absolute Gasteiger partial charge is 0.481 e. The molecule has 0 fully saturated rings. The molecule has 2 aromatic heterocycles. The number of carboxylic acid groups (broad SMARTS) is 1. The van der Waals surface area contributed by atoms with E-state index >= 15 is 0 Å². The van der Waals surface area contributed by atoms with Crippen LogP contribution in [0.25, 0.3) is 11.3 Å². The van der Waals surface area contributed by atoms with Crippen molar-refractivity contribution in [2.24, 2.45) is 0 Å². The van der Waals surface area contributed by atoms with E-state index in [1.807, 2.05) is 34.9 Å². The molecular weight excluding hydrogens is 460 g/mol. The maximum absolute atomic E-state index is 12.0. The summed E-state index contributed by atoms with van der Waals surface area (Å²) in [4.78, 5) is 26.7. The Morgan fingerprint density at radius 2 is 1.75 bits per heavy atom. The summed E-state index contributed by atoms with van der Waals surface area (Å²) in [5, 5.41) is 25.1. The van der Waals surface area contributed by atoms with Crippen LogP contribution in [0, 0.1) is 11.8 Å². The van der Waals surface area contributed by atoms with Gasteiger partial charge in [-0.15, -0.1) is 0 Å². The van der Waals surface area contributed by atoms with Crippen molar-refractivity contribution in [3.8, 4) is 23.2 Å². The fraction of sp³-hybridized carbons (Fsp3) is 0.185. The van der Waals surface area contributed by atoms with Crippen LogP contribution < -0.4 is 5.32 Å². The van der Waals surface area contributed by atoms with Crippen molar-refractivity contribution >= 4 is 11.9 Å². The number of rotatable bonds is 8. The number of benzene rings is 2. The molecule has 0 aliphatic carbocycles. The fourth-order valence-electron chi connectivity index (χ4n) is 3.47. The molecule has 0 saturated heterocycles. The number of imidazole rings is 1. The number of aliphatic hydroxyl groups is 1. The summed E-state index contributed by atoms with van der Waals surface area (Å²) in [5.41, 5.74) is 3.58. The van der Waals surface area contributed by atoms with Gasteiger partial charge in [-0.2, -0.15) is 0 Å². The maximum atomic E-state index is 12.0. The van der Waals surface area contributed by atoms with E-state index < -0.39 is 12.1 Å². The van der Waals surface area contributed by atoms with E-state index in [-0.39, 0.29) is 18.9 Å². The number of amides is 1. The van der Waals surface area contributed by atoms with Crippen molar-refractivity contribution in [2.75, 3.05) is 6.54 Å². The van der Waals surface area contributed by atoms with E-state index in [1.165, 1.54) is 0 Å². The molecule has 1 atom stereocenters. The first kappa shape index (κ1) is 24.4. The summed E-state index contributed by atoms with van der Waals surface area (Å²) in [5.74, 6) is 6.06. The zero-order valence-electron chi connectivity index (χ0n) is 19.5. The van der Waals surface area contributed by atoms with Gasteiger partial charge in [0.25, 0.3) is 5.91 Å². The summed E-state index contributed by atoms with van der Waals surface area (Å²) >= 11 is 0. The van der Waals surface area contributed by atoms with E-state index in [9.17, 15) is 14.7 Å². The summed E-state index contributed by atoms with van der Waals surface area (Å²) in [6.07, 6.45) is 2.63. The molecule has 0 bridgehead atoms. The molecular formula is C27H24N4O5. The van der Waals surface area contributed by atoms with Crippen molar-refractivity contribution in [1.29, 1.82) is 0 Å². The molecule has 0 aliphatic heterocycles. The van der Waals surface area contributed by atoms with Crippen molar-refractivity contribution in [1.82, 2.24) is 20.0 Å². The lowest BCUT2D eigenvalue weighted by atomic mass is 10.1. The highest BCUT2D eigenvalue weighted by Gasteiger charge is 2.12. The van der Waals surface area contributed by atoms with Gasteiger partial charge in [-0.25, -0.2) is 4.98 Å². The third-order valence-electron chi connectivity index (χ3n) is 5.30. The van der Waals surface area contributed by atoms with Gasteiger partial charge in [-0.05, 0) is 55.5 Å². The highest BCUT2D eigenvalue weighted by molar-refractivity contribution is 5.94. The first-order valence-electron chi connectivity index (χ1n) is 11.3. The number of hydrogen-bond donors (Lipinski definition) is 3. The number of carboxylic acids is 1. The molecule has 3 N–H and O–H groups in total. The van der Waals surface area contributed by atoms with Crippen LogP contribution in [0.15, 0.2) is 71.5 Å². The molecule has 2 heterocycles. The molecule has 0 saturated carbocycles. The Morgan fingerprint density at radius 3 is 2.39 bits per heavy atom. The van der Waals surface area contributed by atoms with Crippen LogP contribution in [0.5, 0.6) is 0 Å². The summed E-state index contributed by atoms with van der Waals surface area (Å²) in [6.45, 7) is 2.18. The monoisotopic (exact) mass is 484 g/mol. The number of nitrogens with one attached hydrogen (secondary N) is 1. The lowest BCUT2D eigenvalue weighted by Crippen LogP contribution is -2.25. The number of carbonyl (C=O) groups excluding carboxylic acids is 1. The molecule has 1 amide bonds. The lowest BCUT2D eigenvalue weighted by Gasteiger charge is -2.07. The topological polar surface area (TPSA) is 130 Å². The molecule has 36 heavy (non-hydrogen) atoms. The summed E-state index contributed by atoms with van der Waals surface area (Å²) in [6, 6.07) is 16.2. The normalized spacial score (nSPS) is 11.4. The maximum Gasteiger partial charge on any atom is 0.305 e. The van der Waals surface area contributed by atoms with Crippen LogP contribution >= 0.6 is 0 Å². The van der Waals surface area contributed by atoms with Crippen LogP contribution in [0.3, 0.4) is 0 Å². The van der Waals surface area contributed by atoms with E-state index in [0.717, 1.165) is 16.7 Å². The van der Waals surface area contributed by atoms with Crippen molar-refractivity contribution in [3.05, 3.63) is 95.2 Å². The Balaban J connectivity index is 1.37.